The molecule has 1 amide bonds. The van der Waals surface area contributed by atoms with Crippen LogP contribution in [-0.2, 0) is 17.6 Å². The molecule has 1 unspecified atom stereocenters. The number of thiophene rings is 1. The minimum atomic E-state index is -0.390. The van der Waals surface area contributed by atoms with Crippen LogP contribution in [0.15, 0.2) is 24.3 Å². The predicted octanol–water partition coefficient (Wildman–Crippen LogP) is 6.12. The van der Waals surface area contributed by atoms with E-state index in [1.54, 1.807) is 12.1 Å². The Kier molecular flexibility index (Phi) is 7.42. The average Bonchev–Trinajstić information content (AvgIpc) is 3.10. The van der Waals surface area contributed by atoms with E-state index >= 15 is 0 Å². The number of amides is 1. The lowest BCUT2D eigenvalue weighted by Gasteiger charge is -2.33. The summed E-state index contributed by atoms with van der Waals surface area (Å²) < 4.78 is 10.8. The number of ether oxygens (including phenoxy) is 2. The van der Waals surface area contributed by atoms with Gasteiger partial charge >= 0.3 is 5.97 Å². The molecule has 0 aliphatic heterocycles. The normalized spacial score (nSPS) is 15.8. The first-order chi connectivity index (χ1) is 14.7. The quantitative estimate of drug-likeness (QED) is 0.414. The summed E-state index contributed by atoms with van der Waals surface area (Å²) in [6.45, 7) is 9.51. The molecule has 31 heavy (non-hydrogen) atoms. The van der Waals surface area contributed by atoms with E-state index in [9.17, 15) is 9.59 Å². The molecule has 0 saturated heterocycles. The van der Waals surface area contributed by atoms with Gasteiger partial charge in [-0.1, -0.05) is 40.2 Å². The number of anilines is 1. The van der Waals surface area contributed by atoms with E-state index in [2.05, 4.69) is 33.0 Å². The zero-order chi connectivity index (χ0) is 22.6. The monoisotopic (exact) mass is 443 g/mol. The molecule has 168 valence electrons. The van der Waals surface area contributed by atoms with E-state index in [0.717, 1.165) is 37.7 Å². The molecule has 1 aromatic carbocycles. The van der Waals surface area contributed by atoms with Crippen molar-refractivity contribution in [1.82, 2.24) is 0 Å². The second-order valence-corrected chi connectivity index (χ2v) is 10.3. The molecule has 0 bridgehead atoms. The molecule has 2 aromatic rings. The maximum absolute atomic E-state index is 13.0. The summed E-state index contributed by atoms with van der Waals surface area (Å²) in [5.74, 6) is 0.577. The third-order valence-corrected chi connectivity index (χ3v) is 7.14. The smallest absolute Gasteiger partial charge is 0.341 e. The number of hydrogen-bond acceptors (Lipinski definition) is 5. The third kappa shape index (κ3) is 5.48. The number of benzene rings is 1. The number of fused-ring (bicyclic) bond motifs is 1. The van der Waals surface area contributed by atoms with Crippen molar-refractivity contribution < 1.29 is 19.1 Å². The van der Waals surface area contributed by atoms with Crippen molar-refractivity contribution in [2.75, 3.05) is 19.0 Å². The van der Waals surface area contributed by atoms with Crippen LogP contribution in [0.4, 0.5) is 5.00 Å². The van der Waals surface area contributed by atoms with Crippen LogP contribution in [-0.4, -0.2) is 25.6 Å². The van der Waals surface area contributed by atoms with Gasteiger partial charge in [-0.25, -0.2) is 4.79 Å². The second kappa shape index (κ2) is 9.86. The molecule has 5 nitrogen and oxygen atoms in total. The van der Waals surface area contributed by atoms with Crippen molar-refractivity contribution in [3.63, 3.8) is 0 Å². The maximum Gasteiger partial charge on any atom is 0.341 e. The average molecular weight is 444 g/mol. The Morgan fingerprint density at radius 3 is 2.71 bits per heavy atom. The van der Waals surface area contributed by atoms with E-state index in [0.29, 0.717) is 34.4 Å². The molecule has 1 aliphatic rings. The van der Waals surface area contributed by atoms with Crippen molar-refractivity contribution >= 4 is 28.2 Å². The van der Waals surface area contributed by atoms with Crippen LogP contribution in [0.5, 0.6) is 5.75 Å². The summed E-state index contributed by atoms with van der Waals surface area (Å²) >= 11 is 1.51. The van der Waals surface area contributed by atoms with Gasteiger partial charge < -0.3 is 14.8 Å². The molecule has 1 heterocycles. The van der Waals surface area contributed by atoms with Gasteiger partial charge in [0.15, 0.2) is 0 Å². The summed E-state index contributed by atoms with van der Waals surface area (Å²) in [6.07, 6.45) is 4.80. The van der Waals surface area contributed by atoms with Gasteiger partial charge in [0.2, 0.25) is 0 Å². The lowest BCUT2D eigenvalue weighted by Crippen LogP contribution is -2.26. The summed E-state index contributed by atoms with van der Waals surface area (Å²) in [7, 11) is 1.38. The van der Waals surface area contributed by atoms with E-state index in [-0.39, 0.29) is 11.3 Å². The minimum absolute atomic E-state index is 0.203. The number of methoxy groups -OCH3 is 1. The first kappa shape index (κ1) is 23.3. The summed E-state index contributed by atoms with van der Waals surface area (Å²) in [5.41, 5.74) is 2.25. The Morgan fingerprint density at radius 1 is 1.26 bits per heavy atom. The number of carbonyl (C=O) groups excluding carboxylic acids is 2. The van der Waals surface area contributed by atoms with Crippen molar-refractivity contribution in [2.24, 2.45) is 11.3 Å². The van der Waals surface area contributed by atoms with Gasteiger partial charge in [0, 0.05) is 10.4 Å². The number of unbranched alkanes of at least 4 members (excludes halogenated alkanes) is 1. The topological polar surface area (TPSA) is 64.6 Å². The van der Waals surface area contributed by atoms with E-state index in [1.807, 2.05) is 12.1 Å². The first-order valence-electron chi connectivity index (χ1n) is 11.0. The summed E-state index contributed by atoms with van der Waals surface area (Å²) in [5, 5.41) is 3.55. The highest BCUT2D eigenvalue weighted by atomic mass is 32.1. The molecule has 0 spiro atoms. The molecular weight excluding hydrogens is 410 g/mol. The number of carbonyl (C=O) groups is 2. The fourth-order valence-electron chi connectivity index (χ4n) is 3.97. The molecule has 1 N–H and O–H groups in total. The molecule has 1 atom stereocenters. The Balaban J connectivity index is 1.84. The van der Waals surface area contributed by atoms with Crippen molar-refractivity contribution in [2.45, 2.75) is 59.8 Å². The molecule has 0 radical (unpaired) electrons. The van der Waals surface area contributed by atoms with Gasteiger partial charge in [-0.2, -0.15) is 0 Å². The highest BCUT2D eigenvalue weighted by Crippen LogP contribution is 2.44. The minimum Gasteiger partial charge on any atom is -0.494 e. The number of esters is 1. The number of nitrogens with one attached hydrogen (secondary N) is 1. The van der Waals surface area contributed by atoms with Gasteiger partial charge in [-0.3, -0.25) is 4.79 Å². The number of rotatable bonds is 7. The maximum atomic E-state index is 13.0. The van der Waals surface area contributed by atoms with Crippen LogP contribution >= 0.6 is 11.3 Å². The molecule has 3 rings (SSSR count). The van der Waals surface area contributed by atoms with Crippen LogP contribution in [0.3, 0.4) is 0 Å². The highest BCUT2D eigenvalue weighted by Gasteiger charge is 2.34. The molecule has 1 aliphatic carbocycles. The molecule has 6 heteroatoms. The van der Waals surface area contributed by atoms with Crippen molar-refractivity contribution in [3.05, 3.63) is 45.8 Å². The lowest BCUT2D eigenvalue weighted by atomic mass is 9.72. The van der Waals surface area contributed by atoms with Crippen LogP contribution in [0.1, 0.15) is 78.1 Å². The summed E-state index contributed by atoms with van der Waals surface area (Å²) in [6, 6.07) is 7.16. The van der Waals surface area contributed by atoms with Crippen LogP contribution in [0.25, 0.3) is 0 Å². The Labute approximate surface area is 189 Å². The van der Waals surface area contributed by atoms with Gasteiger partial charge in [0.25, 0.3) is 5.91 Å². The van der Waals surface area contributed by atoms with E-state index < -0.39 is 5.97 Å². The fraction of sp³-hybridized carbons (Fsp3) is 0.520. The van der Waals surface area contributed by atoms with Crippen LogP contribution in [0.2, 0.25) is 0 Å². The SMILES string of the molecule is CCCCOc1cccc(C(=O)Nc2sc3c(c2C(=O)OC)CCC(C(C)(C)C)C3)c1. The van der Waals surface area contributed by atoms with Crippen molar-refractivity contribution in [3.8, 4) is 5.75 Å². The van der Waals surface area contributed by atoms with Gasteiger partial charge in [0.1, 0.15) is 10.8 Å². The Bertz CT molecular complexity index is 941. The van der Waals surface area contributed by atoms with E-state index in [1.165, 1.54) is 23.3 Å². The van der Waals surface area contributed by atoms with Gasteiger partial charge in [-0.15, -0.1) is 11.3 Å². The van der Waals surface area contributed by atoms with E-state index in [4.69, 9.17) is 9.47 Å². The third-order valence-electron chi connectivity index (χ3n) is 5.97. The molecule has 0 saturated carbocycles. The Morgan fingerprint density at radius 2 is 2.03 bits per heavy atom. The first-order valence-corrected chi connectivity index (χ1v) is 11.8. The Hall–Kier alpha value is -2.34. The predicted molar refractivity (Wildman–Crippen MR) is 125 cm³/mol. The van der Waals surface area contributed by atoms with Crippen LogP contribution < -0.4 is 10.1 Å². The van der Waals surface area contributed by atoms with Gasteiger partial charge in [0.05, 0.1) is 19.3 Å². The highest BCUT2D eigenvalue weighted by molar-refractivity contribution is 7.17. The molecule has 1 aromatic heterocycles. The largest absolute Gasteiger partial charge is 0.494 e. The fourth-order valence-corrected chi connectivity index (χ4v) is 5.28. The zero-order valence-electron chi connectivity index (χ0n) is 19.2. The van der Waals surface area contributed by atoms with Gasteiger partial charge in [-0.05, 0) is 60.8 Å². The van der Waals surface area contributed by atoms with Crippen molar-refractivity contribution in [1.29, 1.82) is 0 Å². The standard InChI is InChI=1S/C25H33NO4S/c1-6-7-13-30-18-10-8-9-16(14-18)22(27)26-23-21(24(28)29-5)19-12-11-17(25(2,3)4)15-20(19)31-23/h8-10,14,17H,6-7,11-13,15H2,1-5H3,(H,26,27). The zero-order valence-corrected chi connectivity index (χ0v) is 20.0. The molecule has 0 fully saturated rings. The van der Waals surface area contributed by atoms with Crippen LogP contribution in [0, 0.1) is 11.3 Å². The number of hydrogen-bond donors (Lipinski definition) is 1. The lowest BCUT2D eigenvalue weighted by molar-refractivity contribution is 0.0600. The summed E-state index contributed by atoms with van der Waals surface area (Å²) in [4.78, 5) is 26.7. The second-order valence-electron chi connectivity index (χ2n) is 9.19. The molecular formula is C25H33NO4S.